The predicted molar refractivity (Wildman–Crippen MR) is 77.2 cm³/mol. The fourth-order valence-corrected chi connectivity index (χ4v) is 3.24. The molecular weight excluding hydrogens is 258 g/mol. The molecule has 2 N–H and O–H groups in total. The summed E-state index contributed by atoms with van der Waals surface area (Å²) in [6, 6.07) is 3.61. The van der Waals surface area contributed by atoms with Gasteiger partial charge < -0.3 is 10.4 Å². The van der Waals surface area contributed by atoms with Crippen LogP contribution in [0.25, 0.3) is 0 Å². The Kier molecular flexibility index (Phi) is 4.62. The van der Waals surface area contributed by atoms with Gasteiger partial charge in [-0.05, 0) is 30.4 Å². The normalized spacial score (nSPS) is 16.7. The van der Waals surface area contributed by atoms with Crippen molar-refractivity contribution >= 4 is 17.2 Å². The first-order valence-corrected chi connectivity index (χ1v) is 7.42. The zero-order valence-corrected chi connectivity index (χ0v) is 12.0. The summed E-state index contributed by atoms with van der Waals surface area (Å²) >= 11 is 1.37. The molecule has 0 radical (unpaired) electrons. The van der Waals surface area contributed by atoms with Gasteiger partial charge in [0.1, 0.15) is 6.61 Å². The quantitative estimate of drug-likeness (QED) is 0.834. The predicted octanol–water partition coefficient (Wildman–Crippen LogP) is 2.40. The maximum Gasteiger partial charge on any atom is 0.261 e. The SMILES string of the molecule is CC1(CNC(=O)c2ccc(C#CCO)s2)CCCC1. The Morgan fingerprint density at radius 2 is 2.21 bits per heavy atom. The van der Waals surface area contributed by atoms with Crippen LogP contribution in [0.5, 0.6) is 0 Å². The van der Waals surface area contributed by atoms with Crippen LogP contribution < -0.4 is 5.32 Å². The van der Waals surface area contributed by atoms with Crippen LogP contribution >= 0.6 is 11.3 Å². The lowest BCUT2D eigenvalue weighted by molar-refractivity contribution is 0.0938. The first-order valence-electron chi connectivity index (χ1n) is 6.61. The molecule has 1 saturated carbocycles. The maximum absolute atomic E-state index is 12.0. The van der Waals surface area contributed by atoms with Crippen LogP contribution in [0.15, 0.2) is 12.1 Å². The zero-order chi connectivity index (χ0) is 13.7. The minimum atomic E-state index is -0.155. The third kappa shape index (κ3) is 3.82. The molecule has 1 aliphatic rings. The molecule has 0 aliphatic heterocycles. The second kappa shape index (κ2) is 6.23. The van der Waals surface area contributed by atoms with Gasteiger partial charge in [0.25, 0.3) is 5.91 Å². The third-order valence-corrected chi connectivity index (χ3v) is 4.61. The number of hydrogen-bond donors (Lipinski definition) is 2. The van der Waals surface area contributed by atoms with Crippen LogP contribution in [0.3, 0.4) is 0 Å². The topological polar surface area (TPSA) is 49.3 Å². The molecule has 1 aromatic heterocycles. The highest BCUT2D eigenvalue weighted by Gasteiger charge is 2.29. The average Bonchev–Trinajstić information content (AvgIpc) is 3.03. The number of aliphatic hydroxyl groups excluding tert-OH is 1. The van der Waals surface area contributed by atoms with Crippen molar-refractivity contribution < 1.29 is 9.90 Å². The zero-order valence-electron chi connectivity index (χ0n) is 11.2. The van der Waals surface area contributed by atoms with Gasteiger partial charge in [-0.3, -0.25) is 4.79 Å². The van der Waals surface area contributed by atoms with Gasteiger partial charge in [0, 0.05) is 6.54 Å². The molecule has 19 heavy (non-hydrogen) atoms. The van der Waals surface area contributed by atoms with E-state index in [0.29, 0.717) is 4.88 Å². The van der Waals surface area contributed by atoms with Gasteiger partial charge in [-0.1, -0.05) is 31.6 Å². The monoisotopic (exact) mass is 277 g/mol. The van der Waals surface area contributed by atoms with Crippen molar-refractivity contribution in [2.75, 3.05) is 13.2 Å². The van der Waals surface area contributed by atoms with Crippen molar-refractivity contribution in [3.05, 3.63) is 21.9 Å². The Morgan fingerprint density at radius 3 is 2.89 bits per heavy atom. The highest BCUT2D eigenvalue weighted by molar-refractivity contribution is 7.14. The lowest BCUT2D eigenvalue weighted by Gasteiger charge is -2.23. The molecule has 0 aromatic carbocycles. The van der Waals surface area contributed by atoms with E-state index in [1.807, 2.05) is 6.07 Å². The lowest BCUT2D eigenvalue weighted by atomic mass is 9.89. The molecule has 1 heterocycles. The Balaban J connectivity index is 1.91. The van der Waals surface area contributed by atoms with E-state index in [1.165, 1.54) is 37.0 Å². The van der Waals surface area contributed by atoms with Crippen molar-refractivity contribution in [1.82, 2.24) is 5.32 Å². The molecule has 0 spiro atoms. The first kappa shape index (κ1) is 14.1. The van der Waals surface area contributed by atoms with Gasteiger partial charge in [0.05, 0.1) is 9.75 Å². The molecular formula is C15H19NO2S. The minimum absolute atomic E-state index is 0.0184. The summed E-state index contributed by atoms with van der Waals surface area (Å²) in [4.78, 5) is 13.5. The fraction of sp³-hybridized carbons (Fsp3) is 0.533. The summed E-state index contributed by atoms with van der Waals surface area (Å²) in [5, 5.41) is 11.7. The number of nitrogens with one attached hydrogen (secondary N) is 1. The number of hydrogen-bond acceptors (Lipinski definition) is 3. The molecule has 102 valence electrons. The van der Waals surface area contributed by atoms with Crippen LogP contribution in [0, 0.1) is 17.3 Å². The number of carbonyl (C=O) groups excluding carboxylic acids is 1. The molecule has 1 aromatic rings. The summed E-state index contributed by atoms with van der Waals surface area (Å²) in [6.07, 6.45) is 4.94. The molecule has 2 rings (SSSR count). The molecule has 0 bridgehead atoms. The van der Waals surface area contributed by atoms with Gasteiger partial charge in [-0.15, -0.1) is 11.3 Å². The second-order valence-corrected chi connectivity index (χ2v) is 6.41. The third-order valence-electron chi connectivity index (χ3n) is 3.61. The molecule has 1 aliphatic carbocycles. The highest BCUT2D eigenvalue weighted by atomic mass is 32.1. The first-order chi connectivity index (χ1) is 9.13. The van der Waals surface area contributed by atoms with Gasteiger partial charge in [-0.25, -0.2) is 0 Å². The van der Waals surface area contributed by atoms with E-state index in [1.54, 1.807) is 6.07 Å². The number of amides is 1. The van der Waals surface area contributed by atoms with Crippen LogP contribution in [0.1, 0.15) is 47.2 Å². The highest BCUT2D eigenvalue weighted by Crippen LogP contribution is 2.36. The fourth-order valence-electron chi connectivity index (χ4n) is 2.44. The molecule has 4 heteroatoms. The van der Waals surface area contributed by atoms with Crippen LogP contribution in [0.4, 0.5) is 0 Å². The maximum atomic E-state index is 12.0. The van der Waals surface area contributed by atoms with Gasteiger partial charge in [-0.2, -0.15) is 0 Å². The van der Waals surface area contributed by atoms with Crippen LogP contribution in [-0.4, -0.2) is 24.2 Å². The Morgan fingerprint density at radius 1 is 1.47 bits per heavy atom. The molecule has 1 amide bonds. The van der Waals surface area contributed by atoms with Gasteiger partial charge in [0.15, 0.2) is 0 Å². The average molecular weight is 277 g/mol. The van der Waals surface area contributed by atoms with Crippen molar-refractivity contribution in [2.45, 2.75) is 32.6 Å². The second-order valence-electron chi connectivity index (χ2n) is 5.32. The molecule has 0 saturated heterocycles. The number of thiophene rings is 1. The van der Waals surface area contributed by atoms with Crippen LogP contribution in [0.2, 0.25) is 0 Å². The van der Waals surface area contributed by atoms with E-state index in [9.17, 15) is 4.79 Å². The summed E-state index contributed by atoms with van der Waals surface area (Å²) in [5.41, 5.74) is 0.270. The number of aliphatic hydroxyl groups is 1. The largest absolute Gasteiger partial charge is 0.384 e. The minimum Gasteiger partial charge on any atom is -0.384 e. The van der Waals surface area contributed by atoms with E-state index in [2.05, 4.69) is 24.1 Å². The summed E-state index contributed by atoms with van der Waals surface area (Å²) in [6.45, 7) is 2.84. The van der Waals surface area contributed by atoms with Gasteiger partial charge >= 0.3 is 0 Å². The lowest BCUT2D eigenvalue weighted by Crippen LogP contribution is -2.33. The van der Waals surface area contributed by atoms with Crippen molar-refractivity contribution in [2.24, 2.45) is 5.41 Å². The number of carbonyl (C=O) groups is 1. The Labute approximate surface area is 118 Å². The Bertz CT molecular complexity index is 504. The van der Waals surface area contributed by atoms with E-state index >= 15 is 0 Å². The van der Waals surface area contributed by atoms with Crippen molar-refractivity contribution in [3.8, 4) is 11.8 Å². The van der Waals surface area contributed by atoms with E-state index in [4.69, 9.17) is 5.11 Å². The number of rotatable bonds is 3. The summed E-state index contributed by atoms with van der Waals surface area (Å²) in [7, 11) is 0. The molecule has 0 unspecified atom stereocenters. The van der Waals surface area contributed by atoms with Crippen molar-refractivity contribution in [3.63, 3.8) is 0 Å². The standard InChI is InChI=1S/C15H19NO2S/c1-15(8-2-3-9-15)11-16-14(18)13-7-6-12(19-13)5-4-10-17/h6-7,17H,2-3,8-11H2,1H3,(H,16,18). The van der Waals surface area contributed by atoms with E-state index in [-0.39, 0.29) is 17.9 Å². The summed E-state index contributed by atoms with van der Waals surface area (Å²) in [5.74, 6) is 5.38. The summed E-state index contributed by atoms with van der Waals surface area (Å²) < 4.78 is 0. The molecule has 1 fully saturated rings. The molecule has 0 atom stereocenters. The van der Waals surface area contributed by atoms with Crippen LogP contribution in [-0.2, 0) is 0 Å². The van der Waals surface area contributed by atoms with Crippen molar-refractivity contribution in [1.29, 1.82) is 0 Å². The molecule has 3 nitrogen and oxygen atoms in total. The smallest absolute Gasteiger partial charge is 0.261 e. The van der Waals surface area contributed by atoms with E-state index in [0.717, 1.165) is 11.4 Å². The van der Waals surface area contributed by atoms with Gasteiger partial charge in [0.2, 0.25) is 0 Å². The van der Waals surface area contributed by atoms with E-state index < -0.39 is 0 Å². The Hall–Kier alpha value is -1.31.